The number of carbonyl (C=O) groups is 4. The molecule has 1 heterocycles. The number of imide groups is 1. The Morgan fingerprint density at radius 1 is 1.14 bits per heavy atom. The first-order chi connectivity index (χ1) is 13.9. The minimum Gasteiger partial charge on any atom is -0.462 e. The molecule has 29 heavy (non-hydrogen) atoms. The number of ether oxygens (including phenoxy) is 1. The quantitative estimate of drug-likeness (QED) is 0.593. The third-order valence-corrected chi connectivity index (χ3v) is 4.24. The predicted octanol–water partition coefficient (Wildman–Crippen LogP) is 2.31. The van der Waals surface area contributed by atoms with E-state index in [0.29, 0.717) is 11.3 Å². The summed E-state index contributed by atoms with van der Waals surface area (Å²) in [6.07, 6.45) is 0. The molecule has 4 amide bonds. The van der Waals surface area contributed by atoms with Gasteiger partial charge in [0.25, 0.3) is 0 Å². The van der Waals surface area contributed by atoms with Gasteiger partial charge in [0.1, 0.15) is 11.7 Å². The Labute approximate surface area is 165 Å². The van der Waals surface area contributed by atoms with Gasteiger partial charge in [-0.1, -0.05) is 0 Å². The van der Waals surface area contributed by atoms with Gasteiger partial charge in [-0.2, -0.15) is 0 Å². The second kappa shape index (κ2) is 8.51. The first-order valence-corrected chi connectivity index (χ1v) is 8.86. The van der Waals surface area contributed by atoms with Crippen LogP contribution in [-0.2, 0) is 14.3 Å². The largest absolute Gasteiger partial charge is 0.462 e. The number of hydrogen-bond acceptors (Lipinski definition) is 5. The molecule has 1 saturated heterocycles. The predicted molar refractivity (Wildman–Crippen MR) is 102 cm³/mol. The molecule has 0 bridgehead atoms. The molecule has 1 unspecified atom stereocenters. The molecule has 1 fully saturated rings. The van der Waals surface area contributed by atoms with E-state index in [0.717, 1.165) is 17.0 Å². The fourth-order valence-corrected chi connectivity index (χ4v) is 2.78. The number of urea groups is 1. The number of nitrogens with one attached hydrogen (secondary N) is 2. The van der Waals surface area contributed by atoms with Crippen LogP contribution >= 0.6 is 0 Å². The van der Waals surface area contributed by atoms with Gasteiger partial charge in [0.2, 0.25) is 11.8 Å². The molecule has 1 atom stereocenters. The monoisotopic (exact) mass is 399 g/mol. The summed E-state index contributed by atoms with van der Waals surface area (Å²) in [4.78, 5) is 49.9. The zero-order valence-electron chi connectivity index (χ0n) is 15.5. The second-order valence-electron chi connectivity index (χ2n) is 6.18. The highest BCUT2D eigenvalue weighted by atomic mass is 19.1. The fraction of sp³-hybridized carbons (Fsp3) is 0.200. The van der Waals surface area contributed by atoms with Crippen LogP contribution in [-0.4, -0.2) is 37.0 Å². The molecule has 8 nitrogen and oxygen atoms in total. The SMILES string of the molecule is CCOC(=O)c1ccc(NC(=O)C2CNC(=O)N(c3ccc(F)cc3)C2=O)cc1. The van der Waals surface area contributed by atoms with Crippen molar-refractivity contribution in [1.29, 1.82) is 0 Å². The summed E-state index contributed by atoms with van der Waals surface area (Å²) in [5.74, 6) is -3.50. The number of esters is 1. The van der Waals surface area contributed by atoms with Gasteiger partial charge in [-0.05, 0) is 55.5 Å². The van der Waals surface area contributed by atoms with Crippen LogP contribution in [0.3, 0.4) is 0 Å². The number of carbonyl (C=O) groups excluding carboxylic acids is 4. The van der Waals surface area contributed by atoms with E-state index in [9.17, 15) is 23.6 Å². The van der Waals surface area contributed by atoms with Crippen LogP contribution in [0.15, 0.2) is 48.5 Å². The Morgan fingerprint density at radius 3 is 2.41 bits per heavy atom. The van der Waals surface area contributed by atoms with E-state index in [-0.39, 0.29) is 18.8 Å². The van der Waals surface area contributed by atoms with Gasteiger partial charge in [-0.25, -0.2) is 18.9 Å². The summed E-state index contributed by atoms with van der Waals surface area (Å²) in [6, 6.07) is 10.1. The highest BCUT2D eigenvalue weighted by Crippen LogP contribution is 2.21. The third-order valence-electron chi connectivity index (χ3n) is 4.24. The molecule has 3 rings (SSSR count). The molecule has 1 aliphatic heterocycles. The van der Waals surface area contributed by atoms with E-state index in [1.165, 1.54) is 36.4 Å². The molecule has 2 N–H and O–H groups in total. The van der Waals surface area contributed by atoms with Gasteiger partial charge in [0.05, 0.1) is 17.9 Å². The Bertz CT molecular complexity index is 944. The molecule has 0 aliphatic carbocycles. The van der Waals surface area contributed by atoms with E-state index in [1.807, 2.05) is 0 Å². The zero-order chi connectivity index (χ0) is 21.0. The number of hydrogen-bond donors (Lipinski definition) is 2. The van der Waals surface area contributed by atoms with E-state index >= 15 is 0 Å². The van der Waals surface area contributed by atoms with Gasteiger partial charge in [-0.3, -0.25) is 9.59 Å². The number of anilines is 2. The first-order valence-electron chi connectivity index (χ1n) is 8.86. The minimum absolute atomic E-state index is 0.158. The highest BCUT2D eigenvalue weighted by molar-refractivity contribution is 6.23. The minimum atomic E-state index is -1.16. The van der Waals surface area contributed by atoms with E-state index in [2.05, 4.69) is 10.6 Å². The van der Waals surface area contributed by atoms with Crippen LogP contribution in [0.1, 0.15) is 17.3 Å². The van der Waals surface area contributed by atoms with E-state index < -0.39 is 35.5 Å². The van der Waals surface area contributed by atoms with Crippen LogP contribution in [0, 0.1) is 11.7 Å². The summed E-state index contributed by atoms with van der Waals surface area (Å²) < 4.78 is 18.0. The Hall–Kier alpha value is -3.75. The van der Waals surface area contributed by atoms with Gasteiger partial charge in [0, 0.05) is 12.2 Å². The molecule has 9 heteroatoms. The lowest BCUT2D eigenvalue weighted by Crippen LogP contribution is -2.58. The highest BCUT2D eigenvalue weighted by Gasteiger charge is 2.39. The molecular weight excluding hydrogens is 381 g/mol. The average molecular weight is 399 g/mol. The van der Waals surface area contributed by atoms with Crippen molar-refractivity contribution < 1.29 is 28.3 Å². The van der Waals surface area contributed by atoms with Crippen molar-refractivity contribution in [2.75, 3.05) is 23.4 Å². The van der Waals surface area contributed by atoms with Crippen molar-refractivity contribution in [3.63, 3.8) is 0 Å². The third kappa shape index (κ3) is 4.40. The van der Waals surface area contributed by atoms with Crippen molar-refractivity contribution in [2.45, 2.75) is 6.92 Å². The van der Waals surface area contributed by atoms with E-state index in [4.69, 9.17) is 4.74 Å². The topological polar surface area (TPSA) is 105 Å². The van der Waals surface area contributed by atoms with Crippen molar-refractivity contribution >= 4 is 35.2 Å². The molecule has 2 aromatic rings. The van der Waals surface area contributed by atoms with Crippen molar-refractivity contribution in [2.24, 2.45) is 5.92 Å². The maximum atomic E-state index is 13.1. The zero-order valence-corrected chi connectivity index (χ0v) is 15.5. The fourth-order valence-electron chi connectivity index (χ4n) is 2.78. The summed E-state index contributed by atoms with van der Waals surface area (Å²) in [6.45, 7) is 1.78. The van der Waals surface area contributed by atoms with Crippen LogP contribution in [0.2, 0.25) is 0 Å². The number of amides is 4. The normalized spacial score (nSPS) is 16.2. The molecule has 0 spiro atoms. The number of rotatable bonds is 5. The summed E-state index contributed by atoms with van der Waals surface area (Å²) in [7, 11) is 0. The van der Waals surface area contributed by atoms with Crippen molar-refractivity contribution in [1.82, 2.24) is 5.32 Å². The number of halogens is 1. The summed E-state index contributed by atoms with van der Waals surface area (Å²) in [5.41, 5.74) is 0.861. The number of benzene rings is 2. The first kappa shape index (κ1) is 20.0. The number of nitrogens with zero attached hydrogens (tertiary/aromatic N) is 1. The molecular formula is C20H18FN3O5. The van der Waals surface area contributed by atoms with Gasteiger partial charge >= 0.3 is 12.0 Å². The lowest BCUT2D eigenvalue weighted by Gasteiger charge is -2.30. The molecule has 150 valence electrons. The van der Waals surface area contributed by atoms with Crippen LogP contribution in [0.4, 0.5) is 20.6 Å². The Morgan fingerprint density at radius 2 is 1.79 bits per heavy atom. The molecule has 1 aliphatic rings. The summed E-state index contributed by atoms with van der Waals surface area (Å²) >= 11 is 0. The van der Waals surface area contributed by atoms with Crippen LogP contribution in [0.25, 0.3) is 0 Å². The van der Waals surface area contributed by atoms with E-state index in [1.54, 1.807) is 6.92 Å². The van der Waals surface area contributed by atoms with Crippen LogP contribution < -0.4 is 15.5 Å². The Kier molecular flexibility index (Phi) is 5.87. The van der Waals surface area contributed by atoms with Crippen molar-refractivity contribution in [3.8, 4) is 0 Å². The molecule has 0 saturated carbocycles. The van der Waals surface area contributed by atoms with Crippen LogP contribution in [0.5, 0.6) is 0 Å². The van der Waals surface area contributed by atoms with Gasteiger partial charge in [-0.15, -0.1) is 0 Å². The lowest BCUT2D eigenvalue weighted by molar-refractivity contribution is -0.130. The lowest BCUT2D eigenvalue weighted by atomic mass is 10.0. The van der Waals surface area contributed by atoms with Crippen molar-refractivity contribution in [3.05, 3.63) is 59.9 Å². The summed E-state index contributed by atoms with van der Waals surface area (Å²) in [5, 5.41) is 5.07. The molecule has 2 aromatic carbocycles. The Balaban J connectivity index is 1.72. The maximum Gasteiger partial charge on any atom is 0.338 e. The molecule has 0 aromatic heterocycles. The average Bonchev–Trinajstić information content (AvgIpc) is 2.70. The van der Waals surface area contributed by atoms with Gasteiger partial charge < -0.3 is 15.4 Å². The molecule has 0 radical (unpaired) electrons. The maximum absolute atomic E-state index is 13.1. The smallest absolute Gasteiger partial charge is 0.338 e. The standard InChI is InChI=1S/C20H18FN3O5/c1-2-29-19(27)12-3-7-14(8-4-12)23-17(25)16-11-22-20(28)24(18(16)26)15-9-5-13(21)6-10-15/h3-10,16H,2,11H2,1H3,(H,22,28)(H,23,25). The van der Waals surface area contributed by atoms with Gasteiger partial charge in [0.15, 0.2) is 0 Å². The second-order valence-corrected chi connectivity index (χ2v) is 6.18.